The number of benzene rings is 1. The Balaban J connectivity index is 2.66. The van der Waals surface area contributed by atoms with E-state index in [0.29, 0.717) is 6.07 Å². The summed E-state index contributed by atoms with van der Waals surface area (Å²) in [5.74, 6) is -3.48. The summed E-state index contributed by atoms with van der Waals surface area (Å²) in [5.41, 5.74) is -0.0519. The molecule has 5 heteroatoms. The summed E-state index contributed by atoms with van der Waals surface area (Å²) in [4.78, 5) is 12.0. The molecule has 1 N–H and O–H groups in total. The second kappa shape index (κ2) is 7.92. The summed E-state index contributed by atoms with van der Waals surface area (Å²) in [6.45, 7) is 3.85. The van der Waals surface area contributed by atoms with Crippen LogP contribution in [-0.4, -0.2) is 5.91 Å². The van der Waals surface area contributed by atoms with Crippen molar-refractivity contribution < 1.29 is 18.0 Å². The summed E-state index contributed by atoms with van der Waals surface area (Å²) >= 11 is 0. The minimum absolute atomic E-state index is 0.0519. The molecule has 2 nitrogen and oxygen atoms in total. The van der Waals surface area contributed by atoms with Crippen molar-refractivity contribution in [1.29, 1.82) is 0 Å². The third-order valence-electron chi connectivity index (χ3n) is 3.19. The van der Waals surface area contributed by atoms with Crippen LogP contribution in [0.3, 0.4) is 0 Å². The SMILES string of the molecule is CCCC(CCC)C(=O)NCc1cc(F)c(F)cc1F. The Morgan fingerprint density at radius 1 is 1.05 bits per heavy atom. The molecule has 1 aromatic carbocycles. The van der Waals surface area contributed by atoms with Gasteiger partial charge in [-0.1, -0.05) is 26.7 Å². The lowest BCUT2D eigenvalue weighted by Gasteiger charge is -2.15. The van der Waals surface area contributed by atoms with E-state index in [4.69, 9.17) is 0 Å². The second-order valence-corrected chi connectivity index (χ2v) is 4.85. The zero-order chi connectivity index (χ0) is 15.1. The van der Waals surface area contributed by atoms with Gasteiger partial charge in [0.15, 0.2) is 11.6 Å². The first-order chi connectivity index (χ1) is 9.49. The van der Waals surface area contributed by atoms with Gasteiger partial charge >= 0.3 is 0 Å². The van der Waals surface area contributed by atoms with Gasteiger partial charge in [-0.25, -0.2) is 13.2 Å². The predicted octanol–water partition coefficient (Wildman–Crippen LogP) is 3.94. The number of nitrogens with one attached hydrogen (secondary N) is 1. The molecule has 0 aliphatic heterocycles. The number of rotatable bonds is 7. The van der Waals surface area contributed by atoms with Crippen molar-refractivity contribution in [2.24, 2.45) is 5.92 Å². The van der Waals surface area contributed by atoms with Gasteiger partial charge < -0.3 is 5.32 Å². The van der Waals surface area contributed by atoms with Gasteiger partial charge in [0, 0.05) is 24.1 Å². The molecule has 0 spiro atoms. The summed E-state index contributed by atoms with van der Waals surface area (Å²) < 4.78 is 39.2. The Morgan fingerprint density at radius 3 is 2.15 bits per heavy atom. The van der Waals surface area contributed by atoms with Crippen LogP contribution in [-0.2, 0) is 11.3 Å². The molecule has 1 amide bonds. The molecule has 1 aromatic rings. The lowest BCUT2D eigenvalue weighted by Crippen LogP contribution is -2.30. The van der Waals surface area contributed by atoms with Gasteiger partial charge in [-0.15, -0.1) is 0 Å². The number of halogens is 3. The quantitative estimate of drug-likeness (QED) is 0.756. The van der Waals surface area contributed by atoms with Crippen LogP contribution < -0.4 is 5.32 Å². The molecule has 0 radical (unpaired) electrons. The van der Waals surface area contributed by atoms with Crippen LogP contribution >= 0.6 is 0 Å². The van der Waals surface area contributed by atoms with Crippen LogP contribution in [0.25, 0.3) is 0 Å². The number of carbonyl (C=O) groups is 1. The van der Waals surface area contributed by atoms with Crippen LogP contribution in [0.5, 0.6) is 0 Å². The standard InChI is InChI=1S/C15H20F3NO/c1-3-5-10(6-4-2)15(20)19-9-11-7-13(17)14(18)8-12(11)16/h7-8,10H,3-6,9H2,1-2H3,(H,19,20). The molecule has 0 bridgehead atoms. The van der Waals surface area contributed by atoms with Crippen molar-refractivity contribution in [2.45, 2.75) is 46.1 Å². The van der Waals surface area contributed by atoms with E-state index >= 15 is 0 Å². The van der Waals surface area contributed by atoms with Crippen LogP contribution in [0.15, 0.2) is 12.1 Å². The molecule has 112 valence electrons. The summed E-state index contributed by atoms with van der Waals surface area (Å²) in [7, 11) is 0. The zero-order valence-electron chi connectivity index (χ0n) is 11.8. The van der Waals surface area contributed by atoms with Crippen LogP contribution in [0, 0.1) is 23.4 Å². The first-order valence-corrected chi connectivity index (χ1v) is 6.90. The lowest BCUT2D eigenvalue weighted by molar-refractivity contribution is -0.125. The Morgan fingerprint density at radius 2 is 1.60 bits per heavy atom. The van der Waals surface area contributed by atoms with Gasteiger partial charge in [0.25, 0.3) is 0 Å². The highest BCUT2D eigenvalue weighted by Crippen LogP contribution is 2.16. The van der Waals surface area contributed by atoms with E-state index in [1.54, 1.807) is 0 Å². The van der Waals surface area contributed by atoms with Crippen LogP contribution in [0.2, 0.25) is 0 Å². The fourth-order valence-electron chi connectivity index (χ4n) is 2.13. The van der Waals surface area contributed by atoms with Crippen molar-refractivity contribution in [2.75, 3.05) is 0 Å². The Labute approximate surface area is 117 Å². The Bertz CT molecular complexity index is 457. The summed E-state index contributed by atoms with van der Waals surface area (Å²) in [5, 5.41) is 2.59. The second-order valence-electron chi connectivity index (χ2n) is 4.85. The van der Waals surface area contributed by atoms with Gasteiger partial charge in [-0.2, -0.15) is 0 Å². The number of carbonyl (C=O) groups excluding carboxylic acids is 1. The largest absolute Gasteiger partial charge is 0.352 e. The number of amides is 1. The van der Waals surface area contributed by atoms with E-state index in [-0.39, 0.29) is 23.9 Å². The molecule has 0 atom stereocenters. The van der Waals surface area contributed by atoms with Gasteiger partial charge in [0.1, 0.15) is 5.82 Å². The van der Waals surface area contributed by atoms with E-state index in [0.717, 1.165) is 31.7 Å². The maximum absolute atomic E-state index is 13.4. The molecule has 0 heterocycles. The van der Waals surface area contributed by atoms with E-state index < -0.39 is 17.5 Å². The normalized spacial score (nSPS) is 10.9. The molecule has 0 saturated carbocycles. The van der Waals surface area contributed by atoms with Gasteiger partial charge in [-0.3, -0.25) is 4.79 Å². The predicted molar refractivity (Wildman–Crippen MR) is 71.5 cm³/mol. The van der Waals surface area contributed by atoms with Crippen molar-refractivity contribution in [3.05, 3.63) is 35.1 Å². The van der Waals surface area contributed by atoms with Crippen molar-refractivity contribution in [1.82, 2.24) is 5.32 Å². The average Bonchev–Trinajstić information content (AvgIpc) is 2.41. The van der Waals surface area contributed by atoms with Crippen LogP contribution in [0.4, 0.5) is 13.2 Å². The minimum Gasteiger partial charge on any atom is -0.352 e. The summed E-state index contributed by atoms with van der Waals surface area (Å²) in [6, 6.07) is 1.27. The first-order valence-electron chi connectivity index (χ1n) is 6.90. The smallest absolute Gasteiger partial charge is 0.223 e. The lowest BCUT2D eigenvalue weighted by atomic mass is 9.97. The third-order valence-corrected chi connectivity index (χ3v) is 3.19. The van der Waals surface area contributed by atoms with Crippen molar-refractivity contribution >= 4 is 5.91 Å². The van der Waals surface area contributed by atoms with Crippen molar-refractivity contribution in [3.63, 3.8) is 0 Å². The Hall–Kier alpha value is -1.52. The molecular weight excluding hydrogens is 267 g/mol. The van der Waals surface area contributed by atoms with E-state index in [2.05, 4.69) is 5.32 Å². The van der Waals surface area contributed by atoms with E-state index in [1.165, 1.54) is 0 Å². The maximum atomic E-state index is 13.4. The molecular formula is C15H20F3NO. The topological polar surface area (TPSA) is 29.1 Å². The molecule has 0 unspecified atom stereocenters. The molecule has 0 aliphatic carbocycles. The maximum Gasteiger partial charge on any atom is 0.223 e. The first kappa shape index (κ1) is 16.5. The fraction of sp³-hybridized carbons (Fsp3) is 0.533. The van der Waals surface area contributed by atoms with Gasteiger partial charge in [0.05, 0.1) is 0 Å². The molecule has 0 fully saturated rings. The van der Waals surface area contributed by atoms with Crippen LogP contribution in [0.1, 0.15) is 45.1 Å². The fourth-order valence-corrected chi connectivity index (χ4v) is 2.13. The van der Waals surface area contributed by atoms with Gasteiger partial charge in [0.2, 0.25) is 5.91 Å². The molecule has 0 saturated heterocycles. The average molecular weight is 287 g/mol. The molecule has 20 heavy (non-hydrogen) atoms. The van der Waals surface area contributed by atoms with E-state index in [9.17, 15) is 18.0 Å². The molecule has 0 aliphatic rings. The highest BCUT2D eigenvalue weighted by atomic mass is 19.2. The zero-order valence-corrected chi connectivity index (χ0v) is 11.8. The highest BCUT2D eigenvalue weighted by Gasteiger charge is 2.17. The third kappa shape index (κ3) is 4.54. The monoisotopic (exact) mass is 287 g/mol. The van der Waals surface area contributed by atoms with E-state index in [1.807, 2.05) is 13.8 Å². The molecule has 1 rings (SSSR count). The van der Waals surface area contributed by atoms with Crippen molar-refractivity contribution in [3.8, 4) is 0 Å². The Kier molecular flexibility index (Phi) is 6.55. The summed E-state index contributed by atoms with van der Waals surface area (Å²) in [6.07, 6.45) is 3.30. The minimum atomic E-state index is -1.23. The highest BCUT2D eigenvalue weighted by molar-refractivity contribution is 5.78. The van der Waals surface area contributed by atoms with Gasteiger partial charge in [-0.05, 0) is 18.9 Å². The number of hydrogen-bond donors (Lipinski definition) is 1. The number of hydrogen-bond acceptors (Lipinski definition) is 1. The molecule has 0 aromatic heterocycles.